The van der Waals surface area contributed by atoms with Gasteiger partial charge in [-0.15, -0.1) is 0 Å². The first-order valence-corrected chi connectivity index (χ1v) is 5.83. The summed E-state index contributed by atoms with van der Waals surface area (Å²) in [5, 5.41) is 8.43. The van der Waals surface area contributed by atoms with Gasteiger partial charge in [0.25, 0.3) is 0 Å². The first-order valence-electron chi connectivity index (χ1n) is 4.75. The third-order valence-electron chi connectivity index (χ3n) is 2.09. The quantitative estimate of drug-likeness (QED) is 0.668. The summed E-state index contributed by atoms with van der Waals surface area (Å²) in [5.41, 5.74) is 0.673. The average Bonchev–Trinajstić information content (AvgIpc) is 2.17. The fourth-order valence-corrected chi connectivity index (χ4v) is 1.88. The van der Waals surface area contributed by atoms with Crippen LogP contribution in [0.5, 0.6) is 0 Å². The molecule has 15 heavy (non-hydrogen) atoms. The lowest BCUT2D eigenvalue weighted by molar-refractivity contribution is -0.137. The van der Waals surface area contributed by atoms with Crippen LogP contribution in [0.4, 0.5) is 4.39 Å². The van der Waals surface area contributed by atoms with Crippen LogP contribution in [0.1, 0.15) is 24.8 Å². The van der Waals surface area contributed by atoms with Gasteiger partial charge in [0.05, 0.1) is 0 Å². The molecule has 1 aromatic rings. The number of benzene rings is 1. The van der Waals surface area contributed by atoms with Gasteiger partial charge >= 0.3 is 5.97 Å². The van der Waals surface area contributed by atoms with E-state index in [1.165, 1.54) is 6.07 Å². The molecular weight excluding hydrogens is 310 g/mol. The van der Waals surface area contributed by atoms with Crippen molar-refractivity contribution < 1.29 is 14.3 Å². The summed E-state index contributed by atoms with van der Waals surface area (Å²) in [5.74, 6) is -0.996. The number of unbranched alkanes of at least 4 members (excludes halogenated alkanes) is 1. The van der Waals surface area contributed by atoms with Crippen LogP contribution in [0.15, 0.2) is 18.2 Å². The smallest absolute Gasteiger partial charge is 0.303 e. The molecule has 2 nitrogen and oxygen atoms in total. The topological polar surface area (TPSA) is 37.3 Å². The molecule has 0 aromatic heterocycles. The second kappa shape index (κ2) is 6.05. The Morgan fingerprint density at radius 1 is 1.40 bits per heavy atom. The number of carboxylic acids is 1. The Kier molecular flexibility index (Phi) is 5.01. The van der Waals surface area contributed by atoms with Crippen molar-refractivity contribution in [2.75, 3.05) is 0 Å². The molecular formula is C11H12FIO2. The molecule has 0 spiro atoms. The summed E-state index contributed by atoms with van der Waals surface area (Å²) < 4.78 is 14.2. The van der Waals surface area contributed by atoms with Crippen LogP contribution in [-0.2, 0) is 11.2 Å². The summed E-state index contributed by atoms with van der Waals surface area (Å²) in [6.45, 7) is 0. The summed E-state index contributed by atoms with van der Waals surface area (Å²) in [4.78, 5) is 10.3. The number of hydrogen-bond donors (Lipinski definition) is 1. The Morgan fingerprint density at radius 2 is 2.13 bits per heavy atom. The Balaban J connectivity index is 2.43. The van der Waals surface area contributed by atoms with E-state index in [1.807, 2.05) is 0 Å². The Hall–Kier alpha value is -0.650. The van der Waals surface area contributed by atoms with Gasteiger partial charge < -0.3 is 5.11 Å². The van der Waals surface area contributed by atoms with E-state index in [1.54, 1.807) is 12.1 Å². The Labute approximate surface area is 102 Å². The zero-order valence-corrected chi connectivity index (χ0v) is 10.3. The maximum atomic E-state index is 13.2. The van der Waals surface area contributed by atoms with E-state index in [-0.39, 0.29) is 12.2 Å². The van der Waals surface area contributed by atoms with Crippen molar-refractivity contribution >= 4 is 28.6 Å². The SMILES string of the molecule is O=C(O)CCCCc1cc(I)ccc1F. The van der Waals surface area contributed by atoms with Gasteiger partial charge in [-0.3, -0.25) is 4.79 Å². The summed E-state index contributed by atoms with van der Waals surface area (Å²) in [7, 11) is 0. The van der Waals surface area contributed by atoms with Gasteiger partial charge in [-0.1, -0.05) is 0 Å². The third kappa shape index (κ3) is 4.59. The normalized spacial score (nSPS) is 10.3. The minimum atomic E-state index is -0.793. The Morgan fingerprint density at radius 3 is 2.80 bits per heavy atom. The standard InChI is InChI=1S/C11H12FIO2/c12-10-6-5-9(13)7-8(10)3-1-2-4-11(14)15/h5-7H,1-4H2,(H,14,15). The molecule has 0 unspecified atom stereocenters. The molecule has 0 bridgehead atoms. The highest BCUT2D eigenvalue weighted by atomic mass is 127. The summed E-state index contributed by atoms with van der Waals surface area (Å²) >= 11 is 2.13. The number of hydrogen-bond acceptors (Lipinski definition) is 1. The predicted molar refractivity (Wildman–Crippen MR) is 64.3 cm³/mol. The van der Waals surface area contributed by atoms with Crippen LogP contribution in [0, 0.1) is 9.39 Å². The van der Waals surface area contributed by atoms with E-state index in [0.717, 1.165) is 3.57 Å². The molecule has 1 rings (SSSR count). The monoisotopic (exact) mass is 322 g/mol. The Bertz CT molecular complexity index is 352. The fourth-order valence-electron chi connectivity index (χ4n) is 1.33. The maximum Gasteiger partial charge on any atom is 0.303 e. The molecule has 0 fully saturated rings. The fraction of sp³-hybridized carbons (Fsp3) is 0.364. The minimum Gasteiger partial charge on any atom is -0.481 e. The molecule has 0 heterocycles. The molecule has 0 radical (unpaired) electrons. The number of halogens is 2. The highest BCUT2D eigenvalue weighted by molar-refractivity contribution is 14.1. The number of rotatable bonds is 5. The number of carbonyl (C=O) groups is 1. The first kappa shape index (κ1) is 12.4. The number of aliphatic carboxylic acids is 1. The molecule has 0 aliphatic rings. The van der Waals surface area contributed by atoms with Gasteiger partial charge in [0.15, 0.2) is 0 Å². The van der Waals surface area contributed by atoms with Crippen molar-refractivity contribution in [1.29, 1.82) is 0 Å². The third-order valence-corrected chi connectivity index (χ3v) is 2.77. The first-order chi connectivity index (χ1) is 7.09. The van der Waals surface area contributed by atoms with Crippen molar-refractivity contribution in [2.24, 2.45) is 0 Å². The van der Waals surface area contributed by atoms with Crippen molar-refractivity contribution in [3.8, 4) is 0 Å². The molecule has 0 saturated heterocycles. The van der Waals surface area contributed by atoms with Gasteiger partial charge in [-0.2, -0.15) is 0 Å². The van der Waals surface area contributed by atoms with Crippen molar-refractivity contribution in [3.05, 3.63) is 33.1 Å². The van der Waals surface area contributed by atoms with Crippen LogP contribution >= 0.6 is 22.6 Å². The highest BCUT2D eigenvalue weighted by Crippen LogP contribution is 2.15. The summed E-state index contributed by atoms with van der Waals surface area (Å²) in [6.07, 6.45) is 2.07. The number of carboxylic acid groups (broad SMARTS) is 1. The van der Waals surface area contributed by atoms with Gasteiger partial charge in [0.2, 0.25) is 0 Å². The number of aryl methyl sites for hydroxylation is 1. The molecule has 0 saturated carbocycles. The van der Waals surface area contributed by atoms with E-state index < -0.39 is 5.97 Å². The maximum absolute atomic E-state index is 13.2. The molecule has 1 aromatic carbocycles. The molecule has 4 heteroatoms. The van der Waals surface area contributed by atoms with Crippen LogP contribution in [0.2, 0.25) is 0 Å². The van der Waals surface area contributed by atoms with E-state index >= 15 is 0 Å². The lowest BCUT2D eigenvalue weighted by atomic mass is 10.1. The molecule has 0 atom stereocenters. The van der Waals surface area contributed by atoms with E-state index in [0.29, 0.717) is 24.8 Å². The molecule has 0 aliphatic carbocycles. The second-order valence-corrected chi connectivity index (χ2v) is 4.58. The predicted octanol–water partition coefficient (Wildman–Crippen LogP) is 3.23. The molecule has 0 amide bonds. The average molecular weight is 322 g/mol. The lowest BCUT2D eigenvalue weighted by Gasteiger charge is -2.03. The van der Waals surface area contributed by atoms with Gasteiger partial charge in [-0.25, -0.2) is 4.39 Å². The molecule has 0 aliphatic heterocycles. The van der Waals surface area contributed by atoms with E-state index in [9.17, 15) is 9.18 Å². The van der Waals surface area contributed by atoms with Crippen LogP contribution in [0.25, 0.3) is 0 Å². The highest BCUT2D eigenvalue weighted by Gasteiger charge is 2.03. The largest absolute Gasteiger partial charge is 0.481 e. The van der Waals surface area contributed by atoms with Crippen molar-refractivity contribution in [1.82, 2.24) is 0 Å². The second-order valence-electron chi connectivity index (χ2n) is 3.34. The molecule has 82 valence electrons. The molecule has 1 N–H and O–H groups in total. The van der Waals surface area contributed by atoms with Crippen LogP contribution < -0.4 is 0 Å². The lowest BCUT2D eigenvalue weighted by Crippen LogP contribution is -1.96. The van der Waals surface area contributed by atoms with E-state index in [2.05, 4.69) is 22.6 Å². The van der Waals surface area contributed by atoms with Gasteiger partial charge in [0, 0.05) is 9.99 Å². The zero-order valence-electron chi connectivity index (χ0n) is 8.17. The zero-order chi connectivity index (χ0) is 11.3. The van der Waals surface area contributed by atoms with Gasteiger partial charge in [0.1, 0.15) is 5.82 Å². The van der Waals surface area contributed by atoms with Crippen LogP contribution in [-0.4, -0.2) is 11.1 Å². The van der Waals surface area contributed by atoms with E-state index in [4.69, 9.17) is 5.11 Å². The summed E-state index contributed by atoms with van der Waals surface area (Å²) in [6, 6.07) is 4.97. The minimum absolute atomic E-state index is 0.158. The van der Waals surface area contributed by atoms with Crippen LogP contribution in [0.3, 0.4) is 0 Å². The van der Waals surface area contributed by atoms with Crippen molar-refractivity contribution in [2.45, 2.75) is 25.7 Å². The van der Waals surface area contributed by atoms with Gasteiger partial charge in [-0.05, 0) is 65.6 Å². The van der Waals surface area contributed by atoms with Crippen molar-refractivity contribution in [3.63, 3.8) is 0 Å².